The van der Waals surface area contributed by atoms with Crippen LogP contribution < -0.4 is 10.5 Å². The average Bonchev–Trinajstić information content (AvgIpc) is 3.19. The van der Waals surface area contributed by atoms with Gasteiger partial charge in [-0.2, -0.15) is 4.31 Å². The third kappa shape index (κ3) is 2.83. The Labute approximate surface area is 112 Å². The van der Waals surface area contributed by atoms with Crippen LogP contribution >= 0.6 is 0 Å². The first-order valence-corrected chi connectivity index (χ1v) is 7.51. The van der Waals surface area contributed by atoms with Crippen molar-refractivity contribution in [2.45, 2.75) is 23.8 Å². The van der Waals surface area contributed by atoms with E-state index in [9.17, 15) is 8.42 Å². The van der Waals surface area contributed by atoms with Crippen molar-refractivity contribution in [3.05, 3.63) is 18.2 Å². The number of methoxy groups -OCH3 is 1. The number of rotatable bonds is 6. The summed E-state index contributed by atoms with van der Waals surface area (Å²) in [6, 6.07) is 4.39. The molecule has 0 bridgehead atoms. The van der Waals surface area contributed by atoms with E-state index in [1.165, 1.54) is 29.6 Å². The van der Waals surface area contributed by atoms with E-state index in [1.807, 2.05) is 0 Å². The van der Waals surface area contributed by atoms with Gasteiger partial charge in [0.05, 0.1) is 24.3 Å². The number of nitrogens with two attached hydrogens (primary N) is 1. The first kappa shape index (κ1) is 14.1. The average molecular weight is 286 g/mol. The van der Waals surface area contributed by atoms with Crippen LogP contribution in [0, 0.1) is 0 Å². The van der Waals surface area contributed by atoms with Gasteiger partial charge in [-0.1, -0.05) is 0 Å². The summed E-state index contributed by atoms with van der Waals surface area (Å²) in [6.45, 7) is -0.0830. The van der Waals surface area contributed by atoms with Crippen molar-refractivity contribution in [2.75, 3.05) is 26.0 Å². The molecule has 6 nitrogen and oxygen atoms in total. The lowest BCUT2D eigenvalue weighted by Gasteiger charge is -2.21. The van der Waals surface area contributed by atoms with Crippen molar-refractivity contribution in [3.63, 3.8) is 0 Å². The van der Waals surface area contributed by atoms with Crippen molar-refractivity contribution in [1.82, 2.24) is 4.31 Å². The van der Waals surface area contributed by atoms with Gasteiger partial charge in [-0.3, -0.25) is 0 Å². The quantitative estimate of drug-likeness (QED) is 0.739. The number of aliphatic hydroxyl groups excluding tert-OH is 1. The van der Waals surface area contributed by atoms with Crippen LogP contribution in [0.15, 0.2) is 23.1 Å². The van der Waals surface area contributed by atoms with Crippen molar-refractivity contribution < 1.29 is 18.3 Å². The second kappa shape index (κ2) is 5.36. The Hall–Kier alpha value is -1.31. The van der Waals surface area contributed by atoms with E-state index in [-0.39, 0.29) is 29.8 Å². The summed E-state index contributed by atoms with van der Waals surface area (Å²) in [5.74, 6) is 0.444. The predicted molar refractivity (Wildman–Crippen MR) is 71.4 cm³/mol. The van der Waals surface area contributed by atoms with Crippen LogP contribution in [0.25, 0.3) is 0 Å². The van der Waals surface area contributed by atoms with Gasteiger partial charge in [0.25, 0.3) is 0 Å². The van der Waals surface area contributed by atoms with Crippen LogP contribution in [0.4, 0.5) is 5.69 Å². The molecule has 0 saturated heterocycles. The van der Waals surface area contributed by atoms with Crippen LogP contribution in [0.3, 0.4) is 0 Å². The second-order valence-electron chi connectivity index (χ2n) is 4.47. The Bertz CT molecular complexity index is 555. The standard InChI is InChI=1S/C12H18N2O4S/c1-18-12-5-4-10(8-11(12)13)19(16,17)14(6-7-15)9-2-3-9/h4-5,8-9,15H,2-3,6-7,13H2,1H3. The molecule has 0 aromatic heterocycles. The molecule has 1 fully saturated rings. The molecule has 0 atom stereocenters. The van der Waals surface area contributed by atoms with Gasteiger partial charge in [0.1, 0.15) is 5.75 Å². The fourth-order valence-corrected chi connectivity index (χ4v) is 3.68. The minimum absolute atomic E-state index is 0.000441. The molecule has 0 aliphatic heterocycles. The highest BCUT2D eigenvalue weighted by Gasteiger charge is 2.37. The molecule has 1 aromatic carbocycles. The van der Waals surface area contributed by atoms with Gasteiger partial charge >= 0.3 is 0 Å². The third-order valence-corrected chi connectivity index (χ3v) is 5.03. The van der Waals surface area contributed by atoms with Gasteiger partial charge in [-0.05, 0) is 31.0 Å². The van der Waals surface area contributed by atoms with Gasteiger partial charge in [0.15, 0.2) is 0 Å². The zero-order chi connectivity index (χ0) is 14.0. The largest absolute Gasteiger partial charge is 0.495 e. The fourth-order valence-electron chi connectivity index (χ4n) is 1.97. The monoisotopic (exact) mass is 286 g/mol. The maximum atomic E-state index is 12.5. The lowest BCUT2D eigenvalue weighted by atomic mass is 10.3. The second-order valence-corrected chi connectivity index (χ2v) is 6.36. The van der Waals surface area contributed by atoms with E-state index < -0.39 is 10.0 Å². The lowest BCUT2D eigenvalue weighted by molar-refractivity contribution is 0.250. The lowest BCUT2D eigenvalue weighted by Crippen LogP contribution is -2.35. The van der Waals surface area contributed by atoms with Crippen LogP contribution in [0.5, 0.6) is 5.75 Å². The molecule has 0 heterocycles. The van der Waals surface area contributed by atoms with Crippen molar-refractivity contribution in [1.29, 1.82) is 0 Å². The van der Waals surface area contributed by atoms with Crippen molar-refractivity contribution >= 4 is 15.7 Å². The number of aliphatic hydroxyl groups is 1. The van der Waals surface area contributed by atoms with Crippen LogP contribution in [0.2, 0.25) is 0 Å². The van der Waals surface area contributed by atoms with Crippen LogP contribution in [-0.2, 0) is 10.0 Å². The Morgan fingerprint density at radius 2 is 2.16 bits per heavy atom. The number of nitrogens with zero attached hydrogens (tertiary/aromatic N) is 1. The van der Waals surface area contributed by atoms with Gasteiger partial charge in [-0.25, -0.2) is 8.42 Å². The summed E-state index contributed by atoms with van der Waals surface area (Å²) in [7, 11) is -2.14. The molecule has 0 unspecified atom stereocenters. The van der Waals surface area contributed by atoms with E-state index in [0.717, 1.165) is 12.8 Å². The molecule has 1 saturated carbocycles. The molecule has 3 N–H and O–H groups in total. The van der Waals surface area contributed by atoms with Gasteiger partial charge < -0.3 is 15.6 Å². The number of nitrogen functional groups attached to an aromatic ring is 1. The predicted octanol–water partition coefficient (Wildman–Crippen LogP) is 0.423. The summed E-state index contributed by atoms with van der Waals surface area (Å²) < 4.78 is 31.3. The van der Waals surface area contributed by atoms with E-state index >= 15 is 0 Å². The zero-order valence-corrected chi connectivity index (χ0v) is 11.6. The van der Waals surface area contributed by atoms with Crippen LogP contribution in [0.1, 0.15) is 12.8 Å². The summed E-state index contributed by atoms with van der Waals surface area (Å²) in [4.78, 5) is 0.131. The molecular formula is C12H18N2O4S. The number of ether oxygens (including phenoxy) is 1. The zero-order valence-electron chi connectivity index (χ0n) is 10.7. The number of hydrogen-bond donors (Lipinski definition) is 2. The smallest absolute Gasteiger partial charge is 0.243 e. The van der Waals surface area contributed by atoms with E-state index in [4.69, 9.17) is 15.6 Å². The summed E-state index contributed by atoms with van der Waals surface area (Å²) >= 11 is 0. The first-order valence-electron chi connectivity index (χ1n) is 6.07. The minimum Gasteiger partial charge on any atom is -0.495 e. The number of sulfonamides is 1. The molecule has 1 aliphatic carbocycles. The molecular weight excluding hydrogens is 268 g/mol. The topological polar surface area (TPSA) is 92.9 Å². The van der Waals surface area contributed by atoms with Gasteiger partial charge in [0.2, 0.25) is 10.0 Å². The molecule has 2 rings (SSSR count). The Morgan fingerprint density at radius 1 is 1.47 bits per heavy atom. The van der Waals surface area contributed by atoms with Crippen molar-refractivity contribution in [3.8, 4) is 5.75 Å². The highest BCUT2D eigenvalue weighted by molar-refractivity contribution is 7.89. The van der Waals surface area contributed by atoms with E-state index in [2.05, 4.69) is 0 Å². The molecule has 7 heteroatoms. The molecule has 1 aliphatic rings. The van der Waals surface area contributed by atoms with Gasteiger partial charge in [-0.15, -0.1) is 0 Å². The third-order valence-electron chi connectivity index (χ3n) is 3.08. The Morgan fingerprint density at radius 3 is 2.63 bits per heavy atom. The van der Waals surface area contributed by atoms with E-state index in [0.29, 0.717) is 5.75 Å². The first-order chi connectivity index (χ1) is 9.00. The maximum absolute atomic E-state index is 12.5. The number of benzene rings is 1. The molecule has 0 spiro atoms. The molecule has 0 radical (unpaired) electrons. The Balaban J connectivity index is 2.34. The number of anilines is 1. The molecule has 1 aromatic rings. The van der Waals surface area contributed by atoms with Crippen LogP contribution in [-0.4, -0.2) is 44.1 Å². The summed E-state index contributed by atoms with van der Waals surface area (Å²) in [5, 5.41) is 9.01. The molecule has 106 valence electrons. The normalized spacial score (nSPS) is 15.7. The highest BCUT2D eigenvalue weighted by Crippen LogP contribution is 2.33. The van der Waals surface area contributed by atoms with Crippen molar-refractivity contribution in [2.24, 2.45) is 0 Å². The number of hydrogen-bond acceptors (Lipinski definition) is 5. The maximum Gasteiger partial charge on any atom is 0.243 e. The van der Waals surface area contributed by atoms with E-state index in [1.54, 1.807) is 0 Å². The Kier molecular flexibility index (Phi) is 3.98. The fraction of sp³-hybridized carbons (Fsp3) is 0.500. The minimum atomic E-state index is -3.61. The summed E-state index contributed by atoms with van der Waals surface area (Å²) in [5.41, 5.74) is 6.02. The molecule has 19 heavy (non-hydrogen) atoms. The summed E-state index contributed by atoms with van der Waals surface area (Å²) in [6.07, 6.45) is 1.68. The van der Waals surface area contributed by atoms with Gasteiger partial charge in [0, 0.05) is 12.6 Å². The highest BCUT2D eigenvalue weighted by atomic mass is 32.2. The SMILES string of the molecule is COc1ccc(S(=O)(=O)N(CCO)C2CC2)cc1N. The molecule has 0 amide bonds.